The van der Waals surface area contributed by atoms with Crippen LogP contribution in [0.25, 0.3) is 0 Å². The van der Waals surface area contributed by atoms with Gasteiger partial charge in [0.15, 0.2) is 0 Å². The van der Waals surface area contributed by atoms with E-state index in [-0.39, 0.29) is 6.61 Å². The van der Waals surface area contributed by atoms with E-state index in [4.69, 9.17) is 5.11 Å². The fourth-order valence-electron chi connectivity index (χ4n) is 1.04. The Labute approximate surface area is 84.5 Å². The van der Waals surface area contributed by atoms with Crippen LogP contribution in [0.3, 0.4) is 0 Å². The topological polar surface area (TPSA) is 40.5 Å². The lowest BCUT2D eigenvalue weighted by Gasteiger charge is -2.25. The molecule has 1 N–H and O–H groups in total. The standard InChI is InChI=1S/C7H13NOS.C2H6O/c1-2-7(9)8-3-5-10-6-4-8;1-2-3/h2-6H2,1H3;3H,2H2,1H3. The van der Waals surface area contributed by atoms with E-state index in [1.54, 1.807) is 6.92 Å². The van der Waals surface area contributed by atoms with Crippen LogP contribution in [0.2, 0.25) is 0 Å². The maximum atomic E-state index is 11.1. The second-order valence-corrected chi connectivity index (χ2v) is 3.89. The molecule has 78 valence electrons. The van der Waals surface area contributed by atoms with Crippen LogP contribution in [0.1, 0.15) is 20.3 Å². The fraction of sp³-hybridized carbons (Fsp3) is 0.889. The molecule has 0 aromatic carbocycles. The van der Waals surface area contributed by atoms with Gasteiger partial charge in [0.2, 0.25) is 5.91 Å². The lowest BCUT2D eigenvalue weighted by molar-refractivity contribution is -0.130. The van der Waals surface area contributed by atoms with E-state index in [9.17, 15) is 4.79 Å². The minimum Gasteiger partial charge on any atom is -0.397 e. The number of thioether (sulfide) groups is 1. The largest absolute Gasteiger partial charge is 0.397 e. The van der Waals surface area contributed by atoms with Gasteiger partial charge in [-0.05, 0) is 6.92 Å². The molecule has 0 aliphatic carbocycles. The molecule has 1 heterocycles. The van der Waals surface area contributed by atoms with Gasteiger partial charge in [-0.25, -0.2) is 0 Å². The molecule has 0 aromatic heterocycles. The van der Waals surface area contributed by atoms with Crippen LogP contribution < -0.4 is 0 Å². The van der Waals surface area contributed by atoms with E-state index in [0.29, 0.717) is 12.3 Å². The minimum atomic E-state index is 0.250. The minimum absolute atomic E-state index is 0.250. The summed E-state index contributed by atoms with van der Waals surface area (Å²) in [5, 5.41) is 7.57. The molecule has 0 radical (unpaired) electrons. The highest BCUT2D eigenvalue weighted by molar-refractivity contribution is 7.99. The number of hydrogen-bond donors (Lipinski definition) is 1. The number of nitrogens with zero attached hydrogens (tertiary/aromatic N) is 1. The Kier molecular flexibility index (Phi) is 8.24. The molecule has 1 fully saturated rings. The Morgan fingerprint density at radius 1 is 1.38 bits per heavy atom. The fourth-order valence-corrected chi connectivity index (χ4v) is 1.94. The third kappa shape index (κ3) is 5.93. The highest BCUT2D eigenvalue weighted by Gasteiger charge is 2.13. The molecule has 4 heteroatoms. The predicted octanol–water partition coefficient (Wildman–Crippen LogP) is 0.970. The van der Waals surface area contributed by atoms with E-state index in [1.165, 1.54) is 0 Å². The Balaban J connectivity index is 0.000000424. The molecule has 0 unspecified atom stereocenters. The van der Waals surface area contributed by atoms with Crippen molar-refractivity contribution in [3.05, 3.63) is 0 Å². The smallest absolute Gasteiger partial charge is 0.222 e. The molecule has 1 aliphatic rings. The Bertz CT molecular complexity index is 136. The van der Waals surface area contributed by atoms with E-state index >= 15 is 0 Å². The maximum absolute atomic E-state index is 11.1. The van der Waals surface area contributed by atoms with Crippen LogP contribution >= 0.6 is 11.8 Å². The van der Waals surface area contributed by atoms with Gasteiger partial charge in [0, 0.05) is 37.6 Å². The first-order chi connectivity index (χ1) is 6.26. The van der Waals surface area contributed by atoms with Crippen LogP contribution in [0, 0.1) is 0 Å². The van der Waals surface area contributed by atoms with Crippen molar-refractivity contribution in [2.45, 2.75) is 20.3 Å². The average molecular weight is 205 g/mol. The third-order valence-corrected chi connectivity index (χ3v) is 2.61. The van der Waals surface area contributed by atoms with Crippen LogP contribution in [0.5, 0.6) is 0 Å². The number of amides is 1. The van der Waals surface area contributed by atoms with Crippen molar-refractivity contribution < 1.29 is 9.90 Å². The molecule has 13 heavy (non-hydrogen) atoms. The first-order valence-corrected chi connectivity index (χ1v) is 5.88. The van der Waals surface area contributed by atoms with Crippen molar-refractivity contribution >= 4 is 17.7 Å². The number of rotatable bonds is 1. The monoisotopic (exact) mass is 205 g/mol. The molecule has 0 bridgehead atoms. The number of aliphatic hydroxyl groups excluding tert-OH is 1. The normalized spacial score (nSPS) is 16.1. The molecule has 1 aliphatic heterocycles. The molecule has 0 atom stereocenters. The molecule has 0 saturated carbocycles. The number of carbonyl (C=O) groups excluding carboxylic acids is 1. The van der Waals surface area contributed by atoms with Gasteiger partial charge in [0.1, 0.15) is 0 Å². The third-order valence-electron chi connectivity index (χ3n) is 1.67. The summed E-state index contributed by atoms with van der Waals surface area (Å²) in [4.78, 5) is 13.0. The summed E-state index contributed by atoms with van der Waals surface area (Å²) in [7, 11) is 0. The molecule has 0 aromatic rings. The van der Waals surface area contributed by atoms with Crippen molar-refractivity contribution in [3.63, 3.8) is 0 Å². The number of aliphatic hydroxyl groups is 1. The lowest BCUT2D eigenvalue weighted by atomic mass is 10.4. The average Bonchev–Trinajstić information content (AvgIpc) is 2.19. The van der Waals surface area contributed by atoms with Gasteiger partial charge in [-0.15, -0.1) is 0 Å². The molecule has 3 nitrogen and oxygen atoms in total. The van der Waals surface area contributed by atoms with Gasteiger partial charge >= 0.3 is 0 Å². The van der Waals surface area contributed by atoms with E-state index in [1.807, 2.05) is 23.6 Å². The molecule has 1 rings (SSSR count). The van der Waals surface area contributed by atoms with Crippen molar-refractivity contribution in [1.82, 2.24) is 4.90 Å². The zero-order chi connectivity index (χ0) is 10.1. The summed E-state index contributed by atoms with van der Waals surface area (Å²) in [5.74, 6) is 2.54. The summed E-state index contributed by atoms with van der Waals surface area (Å²) < 4.78 is 0. The number of carbonyl (C=O) groups is 1. The molecular weight excluding hydrogens is 186 g/mol. The second kappa shape index (κ2) is 8.38. The summed E-state index contributed by atoms with van der Waals surface area (Å²) >= 11 is 1.93. The van der Waals surface area contributed by atoms with Gasteiger partial charge in [0.05, 0.1) is 0 Å². The van der Waals surface area contributed by atoms with Gasteiger partial charge in [-0.3, -0.25) is 4.79 Å². The quantitative estimate of drug-likeness (QED) is 0.693. The Hall–Kier alpha value is -0.220. The first kappa shape index (κ1) is 12.8. The van der Waals surface area contributed by atoms with Crippen LogP contribution in [-0.4, -0.2) is 47.1 Å². The van der Waals surface area contributed by atoms with Crippen molar-refractivity contribution in [1.29, 1.82) is 0 Å². The summed E-state index contributed by atoms with van der Waals surface area (Å²) in [6, 6.07) is 0. The molecular formula is C9H19NO2S. The lowest BCUT2D eigenvalue weighted by Crippen LogP contribution is -2.37. The zero-order valence-corrected chi connectivity index (χ0v) is 9.27. The summed E-state index contributed by atoms with van der Waals surface area (Å²) in [6.07, 6.45) is 0.657. The van der Waals surface area contributed by atoms with Gasteiger partial charge in [-0.1, -0.05) is 6.92 Å². The van der Waals surface area contributed by atoms with Crippen molar-refractivity contribution in [2.75, 3.05) is 31.2 Å². The Morgan fingerprint density at radius 2 is 1.85 bits per heavy atom. The predicted molar refractivity (Wildman–Crippen MR) is 57.0 cm³/mol. The van der Waals surface area contributed by atoms with E-state index < -0.39 is 0 Å². The zero-order valence-electron chi connectivity index (χ0n) is 8.45. The Morgan fingerprint density at radius 3 is 2.23 bits per heavy atom. The molecule has 0 spiro atoms. The van der Waals surface area contributed by atoms with Crippen LogP contribution in [-0.2, 0) is 4.79 Å². The van der Waals surface area contributed by atoms with Crippen molar-refractivity contribution in [3.8, 4) is 0 Å². The molecule has 1 amide bonds. The molecule has 1 saturated heterocycles. The van der Waals surface area contributed by atoms with Crippen molar-refractivity contribution in [2.24, 2.45) is 0 Å². The SMILES string of the molecule is CCC(=O)N1CCSCC1.CCO. The first-order valence-electron chi connectivity index (χ1n) is 4.72. The van der Waals surface area contributed by atoms with Crippen LogP contribution in [0.4, 0.5) is 0 Å². The van der Waals surface area contributed by atoms with Gasteiger partial charge < -0.3 is 10.0 Å². The summed E-state index contributed by atoms with van der Waals surface area (Å²) in [6.45, 7) is 5.76. The summed E-state index contributed by atoms with van der Waals surface area (Å²) in [5.41, 5.74) is 0. The maximum Gasteiger partial charge on any atom is 0.222 e. The second-order valence-electron chi connectivity index (χ2n) is 2.66. The van der Waals surface area contributed by atoms with E-state index in [2.05, 4.69) is 0 Å². The number of hydrogen-bond acceptors (Lipinski definition) is 3. The van der Waals surface area contributed by atoms with Gasteiger partial charge in [0.25, 0.3) is 0 Å². The van der Waals surface area contributed by atoms with Crippen LogP contribution in [0.15, 0.2) is 0 Å². The van der Waals surface area contributed by atoms with Gasteiger partial charge in [-0.2, -0.15) is 11.8 Å². The van der Waals surface area contributed by atoms with E-state index in [0.717, 1.165) is 24.6 Å². The highest BCUT2D eigenvalue weighted by atomic mass is 32.2. The highest BCUT2D eigenvalue weighted by Crippen LogP contribution is 2.09.